The molecule has 0 bridgehead atoms. The summed E-state index contributed by atoms with van der Waals surface area (Å²) in [5, 5.41) is -0.0797. The summed E-state index contributed by atoms with van der Waals surface area (Å²) in [5.41, 5.74) is 1.92. The quantitative estimate of drug-likeness (QED) is 0.597. The van der Waals surface area contributed by atoms with E-state index in [0.29, 0.717) is 11.0 Å². The standard InChI is InChI=1S/C12H12O2S2/c1-8-2-4-9(5-3-8)11(13)10-6-7-14-12(15)16-10/h2-5,10H,6-7H2,1H3. The van der Waals surface area contributed by atoms with E-state index in [2.05, 4.69) is 0 Å². The van der Waals surface area contributed by atoms with Crippen LogP contribution in [-0.2, 0) is 4.74 Å². The van der Waals surface area contributed by atoms with E-state index >= 15 is 0 Å². The number of aryl methyl sites for hydroxylation is 1. The summed E-state index contributed by atoms with van der Waals surface area (Å²) in [7, 11) is 0. The fourth-order valence-corrected chi connectivity index (χ4v) is 2.82. The molecule has 1 aromatic carbocycles. The molecule has 1 aliphatic rings. The zero-order chi connectivity index (χ0) is 11.5. The first kappa shape index (κ1) is 11.6. The molecule has 0 spiro atoms. The lowest BCUT2D eigenvalue weighted by molar-refractivity contribution is 0.0978. The summed E-state index contributed by atoms with van der Waals surface area (Å²) in [6.07, 6.45) is 0.734. The first-order valence-corrected chi connectivity index (χ1v) is 6.40. The fourth-order valence-electron chi connectivity index (χ4n) is 1.55. The summed E-state index contributed by atoms with van der Waals surface area (Å²) in [6.45, 7) is 2.56. The molecule has 0 amide bonds. The van der Waals surface area contributed by atoms with Crippen molar-refractivity contribution in [2.45, 2.75) is 18.6 Å². The van der Waals surface area contributed by atoms with Crippen LogP contribution in [0.5, 0.6) is 0 Å². The van der Waals surface area contributed by atoms with Crippen molar-refractivity contribution in [1.82, 2.24) is 0 Å². The van der Waals surface area contributed by atoms with Gasteiger partial charge in [0.2, 0.25) is 4.38 Å². The molecular formula is C12H12O2S2. The van der Waals surface area contributed by atoms with Crippen molar-refractivity contribution in [2.24, 2.45) is 0 Å². The average Bonchev–Trinajstić information content (AvgIpc) is 2.29. The number of thioether (sulfide) groups is 1. The van der Waals surface area contributed by atoms with E-state index in [1.165, 1.54) is 11.8 Å². The summed E-state index contributed by atoms with van der Waals surface area (Å²) in [6, 6.07) is 7.65. The lowest BCUT2D eigenvalue weighted by Gasteiger charge is -2.21. The SMILES string of the molecule is Cc1ccc(C(=O)C2CCOC(=S)S2)cc1. The lowest BCUT2D eigenvalue weighted by Crippen LogP contribution is -2.26. The lowest BCUT2D eigenvalue weighted by atomic mass is 10.0. The van der Waals surface area contributed by atoms with Gasteiger partial charge in [0, 0.05) is 12.0 Å². The summed E-state index contributed by atoms with van der Waals surface area (Å²) in [4.78, 5) is 12.1. The van der Waals surface area contributed by atoms with Gasteiger partial charge in [-0.25, -0.2) is 0 Å². The number of rotatable bonds is 2. The van der Waals surface area contributed by atoms with Crippen LogP contribution in [0, 0.1) is 6.92 Å². The summed E-state index contributed by atoms with van der Waals surface area (Å²) < 4.78 is 5.64. The smallest absolute Gasteiger partial charge is 0.220 e. The van der Waals surface area contributed by atoms with E-state index in [9.17, 15) is 4.79 Å². The van der Waals surface area contributed by atoms with Crippen molar-refractivity contribution in [2.75, 3.05) is 6.61 Å². The fraction of sp³-hybridized carbons (Fsp3) is 0.333. The Labute approximate surface area is 104 Å². The highest BCUT2D eigenvalue weighted by Crippen LogP contribution is 2.26. The summed E-state index contributed by atoms with van der Waals surface area (Å²) in [5.74, 6) is 0.149. The minimum absolute atomic E-state index is 0.0797. The molecule has 0 aromatic heterocycles. The molecule has 1 saturated heterocycles. The van der Waals surface area contributed by atoms with Crippen molar-refractivity contribution in [3.8, 4) is 0 Å². The van der Waals surface area contributed by atoms with Gasteiger partial charge in [-0.3, -0.25) is 4.79 Å². The minimum atomic E-state index is -0.0797. The first-order valence-electron chi connectivity index (χ1n) is 5.11. The van der Waals surface area contributed by atoms with Gasteiger partial charge in [0.25, 0.3) is 0 Å². The Morgan fingerprint density at radius 1 is 1.44 bits per heavy atom. The second-order valence-electron chi connectivity index (χ2n) is 3.72. The molecule has 2 nitrogen and oxygen atoms in total. The first-order chi connectivity index (χ1) is 7.66. The van der Waals surface area contributed by atoms with Crippen molar-refractivity contribution in [3.05, 3.63) is 35.4 Å². The molecule has 1 unspecified atom stereocenters. The Balaban J connectivity index is 2.12. The van der Waals surface area contributed by atoms with Crippen LogP contribution < -0.4 is 0 Å². The van der Waals surface area contributed by atoms with Gasteiger partial charge >= 0.3 is 0 Å². The highest BCUT2D eigenvalue weighted by Gasteiger charge is 2.26. The van der Waals surface area contributed by atoms with Crippen LogP contribution in [0.2, 0.25) is 0 Å². The number of Topliss-reactive ketones (excluding diaryl/α,β-unsaturated/α-hetero) is 1. The van der Waals surface area contributed by atoms with E-state index < -0.39 is 0 Å². The second kappa shape index (κ2) is 4.97. The number of ether oxygens (including phenoxy) is 1. The zero-order valence-corrected chi connectivity index (χ0v) is 10.6. The maximum atomic E-state index is 12.1. The molecule has 0 radical (unpaired) electrons. The molecule has 2 rings (SSSR count). The number of ketones is 1. The monoisotopic (exact) mass is 252 g/mol. The molecule has 1 heterocycles. The Bertz CT molecular complexity index is 412. The third-order valence-electron chi connectivity index (χ3n) is 2.47. The molecule has 4 heteroatoms. The van der Waals surface area contributed by atoms with Crippen molar-refractivity contribution in [1.29, 1.82) is 0 Å². The number of carbonyl (C=O) groups is 1. The van der Waals surface area contributed by atoms with Gasteiger partial charge in [-0.2, -0.15) is 0 Å². The summed E-state index contributed by atoms with van der Waals surface area (Å²) >= 11 is 6.31. The molecule has 0 aliphatic carbocycles. The van der Waals surface area contributed by atoms with E-state index in [1.54, 1.807) is 0 Å². The van der Waals surface area contributed by atoms with Gasteiger partial charge < -0.3 is 4.74 Å². The predicted molar refractivity (Wildman–Crippen MR) is 70.1 cm³/mol. The maximum Gasteiger partial charge on any atom is 0.220 e. The second-order valence-corrected chi connectivity index (χ2v) is 5.53. The van der Waals surface area contributed by atoms with Crippen molar-refractivity contribution in [3.63, 3.8) is 0 Å². The number of carbonyl (C=O) groups excluding carboxylic acids is 1. The zero-order valence-electron chi connectivity index (χ0n) is 8.93. The Kier molecular flexibility index (Phi) is 3.61. The molecule has 0 saturated carbocycles. The van der Waals surface area contributed by atoms with Crippen molar-refractivity contribution < 1.29 is 9.53 Å². The molecule has 1 aromatic rings. The van der Waals surface area contributed by atoms with Gasteiger partial charge in [0.15, 0.2) is 5.78 Å². The van der Waals surface area contributed by atoms with E-state index in [4.69, 9.17) is 17.0 Å². The third-order valence-corrected chi connectivity index (χ3v) is 3.92. The third kappa shape index (κ3) is 2.62. The van der Waals surface area contributed by atoms with Crippen LogP contribution >= 0.6 is 24.0 Å². The van der Waals surface area contributed by atoms with Crippen LogP contribution in [-0.4, -0.2) is 22.0 Å². The van der Waals surface area contributed by atoms with Gasteiger partial charge in [-0.1, -0.05) is 41.6 Å². The Morgan fingerprint density at radius 3 is 2.75 bits per heavy atom. The highest BCUT2D eigenvalue weighted by molar-refractivity contribution is 8.23. The van der Waals surface area contributed by atoms with Crippen LogP contribution in [0.3, 0.4) is 0 Å². The minimum Gasteiger partial charge on any atom is -0.479 e. The van der Waals surface area contributed by atoms with Crippen LogP contribution in [0.1, 0.15) is 22.3 Å². The van der Waals surface area contributed by atoms with Crippen LogP contribution in [0.25, 0.3) is 0 Å². The molecule has 84 valence electrons. The largest absolute Gasteiger partial charge is 0.479 e. The van der Waals surface area contributed by atoms with Gasteiger partial charge in [0.05, 0.1) is 11.9 Å². The van der Waals surface area contributed by atoms with Gasteiger partial charge in [-0.05, 0) is 19.1 Å². The molecule has 1 aliphatic heterocycles. The number of benzene rings is 1. The Morgan fingerprint density at radius 2 is 2.12 bits per heavy atom. The molecular weight excluding hydrogens is 240 g/mol. The average molecular weight is 252 g/mol. The maximum absolute atomic E-state index is 12.1. The highest BCUT2D eigenvalue weighted by atomic mass is 32.2. The number of thiocarbonyl (C=S) groups is 1. The molecule has 1 atom stereocenters. The topological polar surface area (TPSA) is 26.3 Å². The molecule has 1 fully saturated rings. The van der Waals surface area contributed by atoms with E-state index in [0.717, 1.165) is 17.5 Å². The number of hydrogen-bond donors (Lipinski definition) is 0. The Hall–Kier alpha value is -0.870. The van der Waals surface area contributed by atoms with E-state index in [1.807, 2.05) is 31.2 Å². The number of hydrogen-bond acceptors (Lipinski definition) is 4. The molecule has 16 heavy (non-hydrogen) atoms. The van der Waals surface area contributed by atoms with Gasteiger partial charge in [0.1, 0.15) is 0 Å². The normalized spacial score (nSPS) is 20.3. The van der Waals surface area contributed by atoms with Crippen LogP contribution in [0.4, 0.5) is 0 Å². The van der Waals surface area contributed by atoms with Crippen LogP contribution in [0.15, 0.2) is 24.3 Å². The van der Waals surface area contributed by atoms with Crippen molar-refractivity contribution >= 4 is 34.1 Å². The van der Waals surface area contributed by atoms with E-state index in [-0.39, 0.29) is 11.0 Å². The molecule has 0 N–H and O–H groups in total. The predicted octanol–water partition coefficient (Wildman–Crippen LogP) is 2.98. The van der Waals surface area contributed by atoms with Gasteiger partial charge in [-0.15, -0.1) is 0 Å².